The summed E-state index contributed by atoms with van der Waals surface area (Å²) in [6.07, 6.45) is 1.67. The molecule has 1 heterocycles. The first-order valence-electron chi connectivity index (χ1n) is 7.60. The lowest BCUT2D eigenvalue weighted by Gasteiger charge is -2.06. The Labute approximate surface area is 134 Å². The standard InChI is InChI=1S/C18H18FNO3/c19-15-3-1-2-13(10-15)8-9-20-18(21)7-5-14-4-6-16-17(11-14)23-12-22-16/h1-4,6,10-11H,5,7-9,12H2,(H,20,21). The average molecular weight is 315 g/mol. The summed E-state index contributed by atoms with van der Waals surface area (Å²) in [6.45, 7) is 0.753. The van der Waals surface area contributed by atoms with Crippen LogP contribution in [0.15, 0.2) is 42.5 Å². The molecule has 2 aromatic rings. The number of fused-ring (bicyclic) bond motifs is 1. The van der Waals surface area contributed by atoms with E-state index in [1.165, 1.54) is 12.1 Å². The lowest BCUT2D eigenvalue weighted by molar-refractivity contribution is -0.121. The predicted molar refractivity (Wildman–Crippen MR) is 84.0 cm³/mol. The summed E-state index contributed by atoms with van der Waals surface area (Å²) in [5.41, 5.74) is 1.91. The highest BCUT2D eigenvalue weighted by Crippen LogP contribution is 2.32. The highest BCUT2D eigenvalue weighted by atomic mass is 19.1. The number of aryl methyl sites for hydroxylation is 1. The zero-order valence-corrected chi connectivity index (χ0v) is 12.7. The first-order valence-corrected chi connectivity index (χ1v) is 7.60. The number of nitrogens with one attached hydrogen (secondary N) is 1. The molecule has 1 aliphatic heterocycles. The number of amides is 1. The fourth-order valence-electron chi connectivity index (χ4n) is 2.48. The Morgan fingerprint density at radius 3 is 2.74 bits per heavy atom. The molecule has 0 aliphatic carbocycles. The summed E-state index contributed by atoms with van der Waals surface area (Å²) in [5, 5.41) is 2.86. The summed E-state index contributed by atoms with van der Waals surface area (Å²) in [4.78, 5) is 11.9. The van der Waals surface area contributed by atoms with Crippen molar-refractivity contribution in [2.45, 2.75) is 19.3 Å². The molecule has 1 aliphatic rings. The van der Waals surface area contributed by atoms with Gasteiger partial charge in [0.15, 0.2) is 11.5 Å². The van der Waals surface area contributed by atoms with E-state index in [2.05, 4.69) is 5.32 Å². The second kappa shape index (κ2) is 7.13. The molecule has 120 valence electrons. The van der Waals surface area contributed by atoms with Crippen LogP contribution in [0.1, 0.15) is 17.5 Å². The van der Waals surface area contributed by atoms with Crippen molar-refractivity contribution in [1.82, 2.24) is 5.32 Å². The minimum Gasteiger partial charge on any atom is -0.454 e. The Morgan fingerprint density at radius 1 is 1.04 bits per heavy atom. The summed E-state index contributed by atoms with van der Waals surface area (Å²) in [7, 11) is 0. The van der Waals surface area contributed by atoms with Gasteiger partial charge in [-0.25, -0.2) is 4.39 Å². The van der Waals surface area contributed by atoms with Crippen molar-refractivity contribution < 1.29 is 18.7 Å². The fourth-order valence-corrected chi connectivity index (χ4v) is 2.48. The van der Waals surface area contributed by atoms with Crippen LogP contribution in [-0.2, 0) is 17.6 Å². The van der Waals surface area contributed by atoms with Crippen molar-refractivity contribution in [3.8, 4) is 11.5 Å². The first-order chi connectivity index (χ1) is 11.2. The van der Waals surface area contributed by atoms with Gasteiger partial charge in [0, 0.05) is 13.0 Å². The quantitative estimate of drug-likeness (QED) is 0.892. The van der Waals surface area contributed by atoms with Crippen LogP contribution in [0.5, 0.6) is 11.5 Å². The van der Waals surface area contributed by atoms with E-state index in [1.807, 2.05) is 24.3 Å². The number of hydrogen-bond acceptors (Lipinski definition) is 3. The summed E-state index contributed by atoms with van der Waals surface area (Å²) in [5.74, 6) is 1.21. The van der Waals surface area contributed by atoms with Crippen LogP contribution in [0.2, 0.25) is 0 Å². The Hall–Kier alpha value is -2.56. The number of carbonyl (C=O) groups excluding carboxylic acids is 1. The van der Waals surface area contributed by atoms with E-state index in [1.54, 1.807) is 6.07 Å². The van der Waals surface area contributed by atoms with Crippen LogP contribution in [0.25, 0.3) is 0 Å². The molecule has 1 amide bonds. The molecule has 0 spiro atoms. The maximum atomic E-state index is 13.0. The number of ether oxygens (including phenoxy) is 2. The molecule has 0 fully saturated rings. The monoisotopic (exact) mass is 315 g/mol. The molecule has 2 aromatic carbocycles. The minimum absolute atomic E-state index is 0.0148. The van der Waals surface area contributed by atoms with Gasteiger partial charge in [0.25, 0.3) is 0 Å². The van der Waals surface area contributed by atoms with E-state index in [0.29, 0.717) is 25.8 Å². The number of hydrogen-bond donors (Lipinski definition) is 1. The summed E-state index contributed by atoms with van der Waals surface area (Å²) >= 11 is 0. The minimum atomic E-state index is -0.253. The maximum absolute atomic E-state index is 13.0. The molecule has 0 atom stereocenters. The highest BCUT2D eigenvalue weighted by molar-refractivity contribution is 5.76. The van der Waals surface area contributed by atoms with Gasteiger partial charge in [-0.1, -0.05) is 18.2 Å². The molecule has 0 bridgehead atoms. The number of rotatable bonds is 6. The van der Waals surface area contributed by atoms with Gasteiger partial charge in [-0.05, 0) is 48.2 Å². The topological polar surface area (TPSA) is 47.6 Å². The van der Waals surface area contributed by atoms with Gasteiger partial charge in [-0.3, -0.25) is 4.79 Å². The summed E-state index contributed by atoms with van der Waals surface area (Å²) < 4.78 is 23.6. The normalized spacial score (nSPS) is 12.2. The molecular formula is C18H18FNO3. The number of benzene rings is 2. The lowest BCUT2D eigenvalue weighted by Crippen LogP contribution is -2.25. The Kier molecular flexibility index (Phi) is 4.76. The molecule has 1 N–H and O–H groups in total. The van der Waals surface area contributed by atoms with Crippen LogP contribution >= 0.6 is 0 Å². The largest absolute Gasteiger partial charge is 0.454 e. The van der Waals surface area contributed by atoms with Crippen LogP contribution in [0.4, 0.5) is 4.39 Å². The summed E-state index contributed by atoms with van der Waals surface area (Å²) in [6, 6.07) is 12.1. The average Bonchev–Trinajstić information content (AvgIpc) is 3.00. The molecule has 0 unspecified atom stereocenters. The van der Waals surface area contributed by atoms with Crippen LogP contribution in [0.3, 0.4) is 0 Å². The van der Waals surface area contributed by atoms with Gasteiger partial charge >= 0.3 is 0 Å². The van der Waals surface area contributed by atoms with Gasteiger partial charge in [-0.2, -0.15) is 0 Å². The van der Waals surface area contributed by atoms with Crippen molar-refractivity contribution in [3.05, 3.63) is 59.4 Å². The Bertz CT molecular complexity index is 702. The van der Waals surface area contributed by atoms with E-state index < -0.39 is 0 Å². The van der Waals surface area contributed by atoms with Crippen molar-refractivity contribution in [2.75, 3.05) is 13.3 Å². The Morgan fingerprint density at radius 2 is 1.87 bits per heavy atom. The molecular weight excluding hydrogens is 297 g/mol. The molecule has 0 saturated heterocycles. The maximum Gasteiger partial charge on any atom is 0.231 e. The molecule has 23 heavy (non-hydrogen) atoms. The molecule has 0 radical (unpaired) electrons. The van der Waals surface area contributed by atoms with Gasteiger partial charge < -0.3 is 14.8 Å². The van der Waals surface area contributed by atoms with E-state index in [4.69, 9.17) is 9.47 Å². The first kappa shape index (κ1) is 15.3. The second-order valence-electron chi connectivity index (χ2n) is 5.42. The van der Waals surface area contributed by atoms with Crippen molar-refractivity contribution in [2.24, 2.45) is 0 Å². The SMILES string of the molecule is O=C(CCc1ccc2c(c1)OCO2)NCCc1cccc(F)c1. The van der Waals surface area contributed by atoms with Crippen LogP contribution in [0, 0.1) is 5.82 Å². The second-order valence-corrected chi connectivity index (χ2v) is 5.42. The van der Waals surface area contributed by atoms with Gasteiger partial charge in [-0.15, -0.1) is 0 Å². The Balaban J connectivity index is 1.41. The predicted octanol–water partition coefficient (Wildman–Crippen LogP) is 2.85. The van der Waals surface area contributed by atoms with Crippen molar-refractivity contribution in [3.63, 3.8) is 0 Å². The number of halogens is 1. The van der Waals surface area contributed by atoms with Gasteiger partial charge in [0.05, 0.1) is 0 Å². The third-order valence-corrected chi connectivity index (χ3v) is 3.70. The van der Waals surface area contributed by atoms with Crippen molar-refractivity contribution in [1.29, 1.82) is 0 Å². The zero-order chi connectivity index (χ0) is 16.1. The highest BCUT2D eigenvalue weighted by Gasteiger charge is 2.13. The lowest BCUT2D eigenvalue weighted by atomic mass is 10.1. The van der Waals surface area contributed by atoms with Crippen LogP contribution in [-0.4, -0.2) is 19.2 Å². The molecule has 0 aromatic heterocycles. The zero-order valence-electron chi connectivity index (χ0n) is 12.7. The van der Waals surface area contributed by atoms with Crippen LogP contribution < -0.4 is 14.8 Å². The number of carbonyl (C=O) groups is 1. The van der Waals surface area contributed by atoms with E-state index in [-0.39, 0.29) is 18.5 Å². The molecule has 4 nitrogen and oxygen atoms in total. The molecule has 0 saturated carbocycles. The van der Waals surface area contributed by atoms with Gasteiger partial charge in [0.2, 0.25) is 12.7 Å². The molecule has 3 rings (SSSR count). The smallest absolute Gasteiger partial charge is 0.231 e. The molecule has 5 heteroatoms. The van der Waals surface area contributed by atoms with E-state index >= 15 is 0 Å². The van der Waals surface area contributed by atoms with Crippen molar-refractivity contribution >= 4 is 5.91 Å². The third-order valence-electron chi connectivity index (χ3n) is 3.70. The van der Waals surface area contributed by atoms with Gasteiger partial charge in [0.1, 0.15) is 5.82 Å². The van der Waals surface area contributed by atoms with E-state index in [0.717, 1.165) is 22.6 Å². The van der Waals surface area contributed by atoms with E-state index in [9.17, 15) is 9.18 Å². The third kappa shape index (κ3) is 4.22. The fraction of sp³-hybridized carbons (Fsp3) is 0.278.